The fourth-order valence-corrected chi connectivity index (χ4v) is 1.30. The highest BCUT2D eigenvalue weighted by Crippen LogP contribution is 2.06. The Labute approximate surface area is 101 Å². The minimum Gasteiger partial charge on any atom is -0.420 e. The first-order chi connectivity index (χ1) is 8.54. The Morgan fingerprint density at radius 3 is 1.56 bits per heavy atom. The molecule has 2 aliphatic rings. The second-order valence-corrected chi connectivity index (χ2v) is 3.44. The van der Waals surface area contributed by atoms with Crippen LogP contribution in [-0.4, -0.2) is 36.8 Å². The maximum absolute atomic E-state index is 11.3. The van der Waals surface area contributed by atoms with E-state index in [0.717, 1.165) is 12.2 Å². The van der Waals surface area contributed by atoms with Crippen LogP contribution in [0.2, 0.25) is 0 Å². The van der Waals surface area contributed by atoms with Gasteiger partial charge in [0, 0.05) is 12.2 Å². The topological polar surface area (TPSA) is 111 Å². The predicted octanol–water partition coefficient (Wildman–Crippen LogP) is -1.90. The molecule has 2 rings (SSSR count). The summed E-state index contributed by atoms with van der Waals surface area (Å²) in [5, 5.41) is 4.73. The normalized spacial score (nSPS) is 17.6. The number of nitrogens with one attached hydrogen (secondary N) is 2. The smallest absolute Gasteiger partial charge is 0.420 e. The van der Waals surface area contributed by atoms with Crippen molar-refractivity contribution in [1.82, 2.24) is 10.6 Å². The third-order valence-electron chi connectivity index (χ3n) is 2.07. The van der Waals surface area contributed by atoms with E-state index in [1.165, 1.54) is 0 Å². The van der Waals surface area contributed by atoms with Crippen LogP contribution in [0.25, 0.3) is 0 Å². The molecule has 94 valence electrons. The van der Waals surface area contributed by atoms with Gasteiger partial charge in [-0.3, -0.25) is 9.59 Å². The highest BCUT2D eigenvalue weighted by atomic mass is 16.6. The molecule has 0 aromatic heterocycles. The molecule has 0 unspecified atom stereocenters. The predicted molar refractivity (Wildman–Crippen MR) is 54.4 cm³/mol. The zero-order valence-electron chi connectivity index (χ0n) is 9.02. The lowest BCUT2D eigenvalue weighted by Crippen LogP contribution is -2.23. The third kappa shape index (κ3) is 2.73. The standard InChI is InChI=1S/C10H8N2O6/c13-7-1-5(3-11-7)17-9(15)10(16)18-6-2-8(14)12-4-6/h1-2H,3-4H2,(H,11,13)(H,12,14). The van der Waals surface area contributed by atoms with Crippen molar-refractivity contribution < 1.29 is 28.7 Å². The summed E-state index contributed by atoms with van der Waals surface area (Å²) in [6.45, 7) is 0.0845. The molecule has 0 fully saturated rings. The molecule has 0 saturated heterocycles. The Hall–Kier alpha value is -2.64. The molecule has 2 aliphatic heterocycles. The van der Waals surface area contributed by atoms with Gasteiger partial charge >= 0.3 is 11.9 Å². The van der Waals surface area contributed by atoms with Gasteiger partial charge in [-0.05, 0) is 0 Å². The maximum Gasteiger partial charge on any atom is 0.423 e. The van der Waals surface area contributed by atoms with Gasteiger partial charge in [0.05, 0.1) is 13.1 Å². The molecule has 2 amide bonds. The van der Waals surface area contributed by atoms with Gasteiger partial charge in [0.2, 0.25) is 11.8 Å². The first-order valence-corrected chi connectivity index (χ1v) is 4.95. The minimum atomic E-state index is -1.25. The molecule has 0 aliphatic carbocycles. The zero-order chi connectivity index (χ0) is 13.1. The van der Waals surface area contributed by atoms with Crippen molar-refractivity contribution in [3.8, 4) is 0 Å². The minimum absolute atomic E-state index is 0.0385. The molecule has 2 N–H and O–H groups in total. The van der Waals surface area contributed by atoms with E-state index in [1.54, 1.807) is 0 Å². The Balaban J connectivity index is 1.87. The number of carbonyl (C=O) groups is 4. The van der Waals surface area contributed by atoms with E-state index in [-0.39, 0.29) is 24.6 Å². The first kappa shape index (κ1) is 11.8. The van der Waals surface area contributed by atoms with Crippen LogP contribution in [0.4, 0.5) is 0 Å². The summed E-state index contributed by atoms with van der Waals surface area (Å²) in [5.41, 5.74) is 0. The third-order valence-corrected chi connectivity index (χ3v) is 2.07. The number of hydrogen-bond acceptors (Lipinski definition) is 6. The Morgan fingerprint density at radius 1 is 0.889 bits per heavy atom. The fourth-order valence-electron chi connectivity index (χ4n) is 1.30. The Morgan fingerprint density at radius 2 is 1.28 bits per heavy atom. The van der Waals surface area contributed by atoms with E-state index in [4.69, 9.17) is 0 Å². The number of rotatable bonds is 2. The lowest BCUT2D eigenvalue weighted by atomic mass is 10.5. The van der Waals surface area contributed by atoms with Gasteiger partial charge in [0.25, 0.3) is 0 Å². The molecule has 0 aromatic rings. The van der Waals surface area contributed by atoms with Crippen molar-refractivity contribution in [1.29, 1.82) is 0 Å². The van der Waals surface area contributed by atoms with Crippen LogP contribution >= 0.6 is 0 Å². The fraction of sp³-hybridized carbons (Fsp3) is 0.200. The molecule has 0 radical (unpaired) electrons. The zero-order valence-corrected chi connectivity index (χ0v) is 9.02. The van der Waals surface area contributed by atoms with Crippen molar-refractivity contribution in [2.45, 2.75) is 0 Å². The quantitative estimate of drug-likeness (QED) is 0.438. The Bertz CT molecular complexity index is 458. The van der Waals surface area contributed by atoms with Crippen molar-refractivity contribution in [2.24, 2.45) is 0 Å². The van der Waals surface area contributed by atoms with Gasteiger partial charge in [-0.15, -0.1) is 0 Å². The number of esters is 2. The van der Waals surface area contributed by atoms with Crippen molar-refractivity contribution >= 4 is 23.8 Å². The van der Waals surface area contributed by atoms with E-state index >= 15 is 0 Å². The van der Waals surface area contributed by atoms with E-state index in [9.17, 15) is 19.2 Å². The summed E-state index contributed by atoms with van der Waals surface area (Å²) in [5.74, 6) is -3.23. The summed E-state index contributed by atoms with van der Waals surface area (Å²) < 4.78 is 9.22. The SMILES string of the molecule is O=C1C=C(OC(=O)C(=O)OC2=CC(=O)NC2)CN1. The number of carbonyl (C=O) groups excluding carboxylic acids is 4. The van der Waals surface area contributed by atoms with Crippen LogP contribution in [0.1, 0.15) is 0 Å². The molecule has 8 nitrogen and oxygen atoms in total. The lowest BCUT2D eigenvalue weighted by molar-refractivity contribution is -0.162. The van der Waals surface area contributed by atoms with E-state index in [0.29, 0.717) is 0 Å². The van der Waals surface area contributed by atoms with Gasteiger partial charge in [0.1, 0.15) is 11.5 Å². The monoisotopic (exact) mass is 252 g/mol. The van der Waals surface area contributed by atoms with Crippen LogP contribution in [-0.2, 0) is 28.7 Å². The van der Waals surface area contributed by atoms with Crippen LogP contribution in [0.3, 0.4) is 0 Å². The lowest BCUT2D eigenvalue weighted by Gasteiger charge is -2.04. The molecule has 0 aromatic carbocycles. The van der Waals surface area contributed by atoms with Crippen molar-refractivity contribution in [2.75, 3.05) is 13.1 Å². The number of hydrogen-bond donors (Lipinski definition) is 2. The molecule has 8 heteroatoms. The number of ether oxygens (including phenoxy) is 2. The molecule has 0 saturated carbocycles. The number of amides is 2. The van der Waals surface area contributed by atoms with Crippen LogP contribution in [0, 0.1) is 0 Å². The van der Waals surface area contributed by atoms with Gasteiger partial charge in [-0.2, -0.15) is 0 Å². The van der Waals surface area contributed by atoms with Gasteiger partial charge < -0.3 is 20.1 Å². The van der Waals surface area contributed by atoms with Crippen LogP contribution < -0.4 is 10.6 Å². The van der Waals surface area contributed by atoms with Gasteiger partial charge in [-0.1, -0.05) is 0 Å². The molecular formula is C10H8N2O6. The first-order valence-electron chi connectivity index (χ1n) is 4.95. The summed E-state index contributed by atoms with van der Waals surface area (Å²) in [6, 6.07) is 0. The molecule has 18 heavy (non-hydrogen) atoms. The highest BCUT2D eigenvalue weighted by molar-refractivity contribution is 6.30. The second-order valence-electron chi connectivity index (χ2n) is 3.44. The maximum atomic E-state index is 11.3. The molecule has 0 bridgehead atoms. The summed E-state index contributed by atoms with van der Waals surface area (Å²) in [6.07, 6.45) is 2.12. The van der Waals surface area contributed by atoms with E-state index < -0.39 is 23.8 Å². The molecule has 0 spiro atoms. The van der Waals surface area contributed by atoms with Gasteiger partial charge in [-0.25, -0.2) is 9.59 Å². The molecule has 0 atom stereocenters. The van der Waals surface area contributed by atoms with Crippen molar-refractivity contribution in [3.63, 3.8) is 0 Å². The van der Waals surface area contributed by atoms with Crippen LogP contribution in [0.15, 0.2) is 23.7 Å². The van der Waals surface area contributed by atoms with Crippen LogP contribution in [0.5, 0.6) is 0 Å². The van der Waals surface area contributed by atoms with E-state index in [1.807, 2.05) is 0 Å². The summed E-state index contributed by atoms with van der Waals surface area (Å²) >= 11 is 0. The second kappa shape index (κ2) is 4.70. The largest absolute Gasteiger partial charge is 0.423 e. The molecular weight excluding hydrogens is 244 g/mol. The molecule has 2 heterocycles. The highest BCUT2D eigenvalue weighted by Gasteiger charge is 2.25. The average molecular weight is 252 g/mol. The van der Waals surface area contributed by atoms with Crippen molar-refractivity contribution in [3.05, 3.63) is 23.7 Å². The Kier molecular flexibility index (Phi) is 3.09. The van der Waals surface area contributed by atoms with Gasteiger partial charge in [0.15, 0.2) is 0 Å². The summed E-state index contributed by atoms with van der Waals surface area (Å²) in [7, 11) is 0. The average Bonchev–Trinajstić information content (AvgIpc) is 2.88. The van der Waals surface area contributed by atoms with E-state index in [2.05, 4.69) is 20.1 Å². The summed E-state index contributed by atoms with van der Waals surface area (Å²) in [4.78, 5) is 44.1.